The monoisotopic (exact) mass is 195 g/mol. The first-order valence-corrected chi connectivity index (χ1v) is 5.63. The van der Waals surface area contributed by atoms with Gasteiger partial charge in [0.05, 0.1) is 16.0 Å². The average Bonchev–Trinajstić information content (AvgIpc) is 2.41. The van der Waals surface area contributed by atoms with E-state index in [0.29, 0.717) is 0 Å². The van der Waals surface area contributed by atoms with Gasteiger partial charge in [0.25, 0.3) is 0 Å². The van der Waals surface area contributed by atoms with Gasteiger partial charge < -0.3 is 5.32 Å². The minimum Gasteiger partial charge on any atom is -0.312 e. The maximum absolute atomic E-state index is 11.8. The standard InChI is InChI=1S/C10H13NOS/c1-7-10(11-2)8-5-3-4-6-9(8)13(7)12/h3-7,10-11H,1-2H3. The van der Waals surface area contributed by atoms with Crippen LogP contribution in [-0.2, 0) is 10.8 Å². The Morgan fingerprint density at radius 2 is 2.08 bits per heavy atom. The van der Waals surface area contributed by atoms with Crippen molar-refractivity contribution in [3.8, 4) is 0 Å². The molecule has 3 heteroatoms. The molecule has 1 heterocycles. The van der Waals surface area contributed by atoms with Crippen LogP contribution >= 0.6 is 0 Å². The normalized spacial score (nSPS) is 31.7. The third-order valence-corrected chi connectivity index (χ3v) is 4.34. The molecular formula is C10H13NOS. The molecule has 0 aromatic heterocycles. The summed E-state index contributed by atoms with van der Waals surface area (Å²) in [6, 6.07) is 8.20. The molecule has 1 aromatic carbocycles. The van der Waals surface area contributed by atoms with E-state index in [2.05, 4.69) is 11.4 Å². The lowest BCUT2D eigenvalue weighted by atomic mass is 10.1. The number of nitrogens with one attached hydrogen (secondary N) is 1. The molecule has 0 fully saturated rings. The minimum atomic E-state index is -0.835. The molecule has 0 amide bonds. The zero-order chi connectivity index (χ0) is 9.42. The van der Waals surface area contributed by atoms with Crippen molar-refractivity contribution >= 4 is 10.8 Å². The zero-order valence-corrected chi connectivity index (χ0v) is 8.60. The Balaban J connectivity index is 2.53. The summed E-state index contributed by atoms with van der Waals surface area (Å²) in [6.07, 6.45) is 0. The molecule has 2 nitrogen and oxygen atoms in total. The van der Waals surface area contributed by atoms with Gasteiger partial charge in [-0.3, -0.25) is 4.21 Å². The van der Waals surface area contributed by atoms with E-state index in [-0.39, 0.29) is 11.3 Å². The average molecular weight is 195 g/mol. The second kappa shape index (κ2) is 3.24. The highest BCUT2D eigenvalue weighted by molar-refractivity contribution is 7.86. The van der Waals surface area contributed by atoms with Crippen molar-refractivity contribution in [2.75, 3.05) is 7.05 Å². The quantitative estimate of drug-likeness (QED) is 0.735. The van der Waals surface area contributed by atoms with E-state index < -0.39 is 10.8 Å². The second-order valence-corrected chi connectivity index (χ2v) is 5.08. The predicted molar refractivity (Wildman–Crippen MR) is 54.1 cm³/mol. The van der Waals surface area contributed by atoms with Crippen LogP contribution in [0.5, 0.6) is 0 Å². The summed E-state index contributed by atoms with van der Waals surface area (Å²) in [7, 11) is 1.08. The molecule has 0 bridgehead atoms. The first-order valence-electron chi connectivity index (χ1n) is 4.42. The first-order chi connectivity index (χ1) is 6.25. The molecule has 13 heavy (non-hydrogen) atoms. The van der Waals surface area contributed by atoms with Gasteiger partial charge in [-0.1, -0.05) is 18.2 Å². The van der Waals surface area contributed by atoms with Gasteiger partial charge in [-0.25, -0.2) is 0 Å². The summed E-state index contributed by atoms with van der Waals surface area (Å²) in [5.41, 5.74) is 1.19. The van der Waals surface area contributed by atoms with Gasteiger partial charge in [0.15, 0.2) is 0 Å². The number of hydrogen-bond acceptors (Lipinski definition) is 2. The summed E-state index contributed by atoms with van der Waals surface area (Å²) in [4.78, 5) is 0.995. The third-order valence-electron chi connectivity index (χ3n) is 2.59. The fourth-order valence-electron chi connectivity index (χ4n) is 1.89. The minimum absolute atomic E-state index is 0.183. The Labute approximate surface area is 80.8 Å². The van der Waals surface area contributed by atoms with Gasteiger partial charge in [0.2, 0.25) is 0 Å². The van der Waals surface area contributed by atoms with Crippen LogP contribution < -0.4 is 5.32 Å². The second-order valence-electron chi connectivity index (χ2n) is 3.31. The van der Waals surface area contributed by atoms with Gasteiger partial charge in [-0.15, -0.1) is 0 Å². The van der Waals surface area contributed by atoms with Gasteiger partial charge in [-0.05, 0) is 25.6 Å². The zero-order valence-electron chi connectivity index (χ0n) is 7.78. The van der Waals surface area contributed by atoms with Crippen LogP contribution in [0.2, 0.25) is 0 Å². The number of hydrogen-bond donors (Lipinski definition) is 1. The molecule has 1 aliphatic rings. The Morgan fingerprint density at radius 1 is 1.38 bits per heavy atom. The lowest BCUT2D eigenvalue weighted by Gasteiger charge is -2.13. The summed E-state index contributed by atoms with van der Waals surface area (Å²) in [6.45, 7) is 2.03. The van der Waals surface area contributed by atoms with E-state index in [1.807, 2.05) is 32.2 Å². The van der Waals surface area contributed by atoms with Crippen molar-refractivity contribution < 1.29 is 4.21 Å². The van der Waals surface area contributed by atoms with Crippen molar-refractivity contribution in [2.24, 2.45) is 0 Å². The first kappa shape index (κ1) is 8.91. The van der Waals surface area contributed by atoms with Gasteiger partial charge in [-0.2, -0.15) is 0 Å². The van der Waals surface area contributed by atoms with Crippen molar-refractivity contribution in [1.82, 2.24) is 5.32 Å². The van der Waals surface area contributed by atoms with Gasteiger partial charge in [0.1, 0.15) is 0 Å². The largest absolute Gasteiger partial charge is 0.312 e. The molecule has 0 spiro atoms. The van der Waals surface area contributed by atoms with E-state index in [1.165, 1.54) is 5.56 Å². The van der Waals surface area contributed by atoms with E-state index >= 15 is 0 Å². The van der Waals surface area contributed by atoms with Crippen molar-refractivity contribution in [1.29, 1.82) is 0 Å². The highest BCUT2D eigenvalue weighted by Gasteiger charge is 2.33. The van der Waals surface area contributed by atoms with Crippen molar-refractivity contribution in [3.63, 3.8) is 0 Å². The molecule has 0 saturated heterocycles. The molecular weight excluding hydrogens is 182 g/mol. The topological polar surface area (TPSA) is 29.1 Å². The van der Waals surface area contributed by atoms with Crippen LogP contribution in [0.1, 0.15) is 18.5 Å². The van der Waals surface area contributed by atoms with Crippen molar-refractivity contribution in [2.45, 2.75) is 23.1 Å². The molecule has 0 aliphatic carbocycles. The fraction of sp³-hybridized carbons (Fsp3) is 0.400. The van der Waals surface area contributed by atoms with Crippen molar-refractivity contribution in [3.05, 3.63) is 29.8 Å². The molecule has 3 unspecified atom stereocenters. The van der Waals surface area contributed by atoms with Crippen LogP contribution in [0.25, 0.3) is 0 Å². The molecule has 0 radical (unpaired) electrons. The lowest BCUT2D eigenvalue weighted by Crippen LogP contribution is -2.24. The summed E-state index contributed by atoms with van der Waals surface area (Å²) in [5, 5.41) is 3.39. The van der Waals surface area contributed by atoms with E-state index in [1.54, 1.807) is 0 Å². The number of fused-ring (bicyclic) bond motifs is 1. The maximum atomic E-state index is 11.8. The Bertz CT molecular complexity index is 351. The Kier molecular flexibility index (Phi) is 2.22. The molecule has 1 aliphatic heterocycles. The highest BCUT2D eigenvalue weighted by atomic mass is 32.2. The smallest absolute Gasteiger partial charge is 0.0580 e. The third kappa shape index (κ3) is 1.23. The van der Waals surface area contributed by atoms with Crippen LogP contribution in [-0.4, -0.2) is 16.5 Å². The van der Waals surface area contributed by atoms with E-state index in [4.69, 9.17) is 0 Å². The molecule has 3 atom stereocenters. The molecule has 0 saturated carbocycles. The van der Waals surface area contributed by atoms with Gasteiger partial charge >= 0.3 is 0 Å². The summed E-state index contributed by atoms with van der Waals surface area (Å²) >= 11 is 0. The molecule has 1 aromatic rings. The van der Waals surface area contributed by atoms with Crippen LogP contribution in [0.15, 0.2) is 29.2 Å². The lowest BCUT2D eigenvalue weighted by molar-refractivity contribution is 0.585. The molecule has 70 valence electrons. The summed E-state index contributed by atoms with van der Waals surface area (Å²) in [5.74, 6) is 0. The Morgan fingerprint density at radius 3 is 2.77 bits per heavy atom. The summed E-state index contributed by atoms with van der Waals surface area (Å²) < 4.78 is 11.8. The fourth-order valence-corrected chi connectivity index (χ4v) is 3.46. The van der Waals surface area contributed by atoms with Crippen LogP contribution in [0.4, 0.5) is 0 Å². The molecule has 2 rings (SSSR count). The number of benzene rings is 1. The van der Waals surface area contributed by atoms with E-state index in [0.717, 1.165) is 4.90 Å². The number of rotatable bonds is 1. The maximum Gasteiger partial charge on any atom is 0.0580 e. The van der Waals surface area contributed by atoms with Gasteiger partial charge in [0, 0.05) is 10.9 Å². The van der Waals surface area contributed by atoms with E-state index in [9.17, 15) is 4.21 Å². The molecule has 1 N–H and O–H groups in total. The predicted octanol–water partition coefficient (Wildman–Crippen LogP) is 1.46. The highest BCUT2D eigenvalue weighted by Crippen LogP contribution is 2.35. The van der Waals surface area contributed by atoms with Crippen LogP contribution in [0.3, 0.4) is 0 Å². The Hall–Kier alpha value is -0.670. The SMILES string of the molecule is CNC1c2ccccc2S(=O)C1C. The van der Waals surface area contributed by atoms with Crippen LogP contribution in [0, 0.1) is 0 Å².